The summed E-state index contributed by atoms with van der Waals surface area (Å²) in [4.78, 5) is 63.9. The number of methoxy groups -OCH3 is 1. The summed E-state index contributed by atoms with van der Waals surface area (Å²) in [6.07, 6.45) is 2.15. The minimum Gasteiger partial charge on any atom is -0.465 e. The maximum absolute atomic E-state index is 13.3. The van der Waals surface area contributed by atoms with Gasteiger partial charge in [-0.25, -0.2) is 9.59 Å². The molecule has 1 aliphatic heterocycles. The monoisotopic (exact) mass is 540 g/mol. The van der Waals surface area contributed by atoms with Gasteiger partial charge in [-0.05, 0) is 79.3 Å². The Morgan fingerprint density at radius 2 is 1.43 bits per heavy atom. The molecule has 1 heterocycles. The molecule has 0 unspecified atom stereocenters. The van der Waals surface area contributed by atoms with Crippen LogP contribution in [-0.2, 0) is 23.9 Å². The van der Waals surface area contributed by atoms with Crippen LogP contribution < -0.4 is 10.2 Å². The van der Waals surface area contributed by atoms with E-state index in [2.05, 4.69) is 22.2 Å². The molecule has 9 nitrogen and oxygen atoms in total. The molecule has 0 aromatic heterocycles. The lowest BCUT2D eigenvalue weighted by molar-refractivity contribution is -0.122. The summed E-state index contributed by atoms with van der Waals surface area (Å²) in [7, 11) is 1.28. The molecule has 40 heavy (non-hydrogen) atoms. The molecule has 3 atom stereocenters. The second kappa shape index (κ2) is 11.5. The van der Waals surface area contributed by atoms with Gasteiger partial charge in [0.05, 0.1) is 35.8 Å². The van der Waals surface area contributed by atoms with Gasteiger partial charge in [-0.2, -0.15) is 0 Å². The van der Waals surface area contributed by atoms with Crippen LogP contribution in [0.1, 0.15) is 51.5 Å². The van der Waals surface area contributed by atoms with E-state index in [4.69, 9.17) is 4.74 Å². The predicted molar refractivity (Wildman–Crippen MR) is 146 cm³/mol. The number of carbonyl (C=O) groups is 5. The molecular weight excluding hydrogens is 512 g/mol. The molecule has 9 heteroatoms. The van der Waals surface area contributed by atoms with Gasteiger partial charge in [0.1, 0.15) is 0 Å². The lowest BCUT2D eigenvalue weighted by atomic mass is 9.73. The zero-order chi connectivity index (χ0) is 28.2. The van der Waals surface area contributed by atoms with Crippen molar-refractivity contribution >= 4 is 41.0 Å². The van der Waals surface area contributed by atoms with Crippen molar-refractivity contribution in [3.05, 3.63) is 95.6 Å². The van der Waals surface area contributed by atoms with Crippen molar-refractivity contribution < 1.29 is 33.4 Å². The number of hydrogen-bond donors (Lipinski definition) is 1. The van der Waals surface area contributed by atoms with E-state index in [1.165, 1.54) is 54.0 Å². The highest BCUT2D eigenvalue weighted by Gasteiger charge is 2.50. The number of imide groups is 1. The summed E-state index contributed by atoms with van der Waals surface area (Å²) in [5.74, 6) is -2.62. The van der Waals surface area contributed by atoms with Gasteiger partial charge in [0.25, 0.3) is 5.91 Å². The summed E-state index contributed by atoms with van der Waals surface area (Å²) < 4.78 is 9.74. The molecular formula is C31H28N2O7. The summed E-state index contributed by atoms with van der Waals surface area (Å²) in [5, 5.41) is 2.58. The number of amides is 3. The zero-order valence-corrected chi connectivity index (χ0v) is 21.9. The molecule has 0 radical (unpaired) electrons. The maximum Gasteiger partial charge on any atom is 0.338 e. The fourth-order valence-electron chi connectivity index (χ4n) is 5.43. The Balaban J connectivity index is 1.16. The van der Waals surface area contributed by atoms with Crippen molar-refractivity contribution in [1.29, 1.82) is 0 Å². The first kappa shape index (κ1) is 26.8. The SMILES string of the molecule is COC(=O)c1ccc(NC(=O)COC(=O)c2ccc(N3C(=O)[C@@H]4CC[C@@H](c5ccccc5)C[C@H]4C3=O)cc2)cc1. The van der Waals surface area contributed by atoms with Crippen LogP contribution in [0.5, 0.6) is 0 Å². The average Bonchev–Trinajstić information content (AvgIpc) is 3.25. The molecule has 2 fully saturated rings. The van der Waals surface area contributed by atoms with Gasteiger partial charge in [0, 0.05) is 5.69 Å². The fourth-order valence-corrected chi connectivity index (χ4v) is 5.43. The highest BCUT2D eigenvalue weighted by atomic mass is 16.5. The molecule has 204 valence electrons. The van der Waals surface area contributed by atoms with Gasteiger partial charge in [-0.3, -0.25) is 19.3 Å². The number of carbonyl (C=O) groups excluding carboxylic acids is 5. The van der Waals surface area contributed by atoms with Crippen LogP contribution in [0.3, 0.4) is 0 Å². The smallest absolute Gasteiger partial charge is 0.338 e. The van der Waals surface area contributed by atoms with Crippen molar-refractivity contribution in [2.45, 2.75) is 25.2 Å². The highest BCUT2D eigenvalue weighted by Crippen LogP contribution is 2.45. The van der Waals surface area contributed by atoms with E-state index in [1.54, 1.807) is 12.1 Å². The van der Waals surface area contributed by atoms with Crippen LogP contribution in [0.25, 0.3) is 0 Å². The Morgan fingerprint density at radius 3 is 2.10 bits per heavy atom. The summed E-state index contributed by atoms with van der Waals surface area (Å²) >= 11 is 0. The van der Waals surface area contributed by atoms with Gasteiger partial charge in [0.15, 0.2) is 6.61 Å². The second-order valence-electron chi connectivity index (χ2n) is 9.89. The van der Waals surface area contributed by atoms with Crippen molar-refractivity contribution in [1.82, 2.24) is 0 Å². The number of ether oxygens (including phenoxy) is 2. The molecule has 1 aliphatic carbocycles. The highest BCUT2D eigenvalue weighted by molar-refractivity contribution is 6.22. The largest absolute Gasteiger partial charge is 0.465 e. The van der Waals surface area contributed by atoms with E-state index >= 15 is 0 Å². The number of rotatable bonds is 7. The first-order valence-corrected chi connectivity index (χ1v) is 13.0. The quantitative estimate of drug-likeness (QED) is 0.350. The van der Waals surface area contributed by atoms with E-state index in [1.807, 2.05) is 18.2 Å². The summed E-state index contributed by atoms with van der Waals surface area (Å²) in [6.45, 7) is -0.519. The molecule has 0 bridgehead atoms. The lowest BCUT2D eigenvalue weighted by Crippen LogP contribution is -2.30. The van der Waals surface area contributed by atoms with Crippen LogP contribution >= 0.6 is 0 Å². The number of fused-ring (bicyclic) bond motifs is 1. The Morgan fingerprint density at radius 1 is 0.800 bits per heavy atom. The molecule has 1 saturated heterocycles. The number of benzene rings is 3. The molecule has 1 N–H and O–H groups in total. The minimum atomic E-state index is -0.721. The van der Waals surface area contributed by atoms with Crippen molar-refractivity contribution in [2.75, 3.05) is 23.9 Å². The average molecular weight is 541 g/mol. The fraction of sp³-hybridized carbons (Fsp3) is 0.258. The van der Waals surface area contributed by atoms with E-state index in [0.717, 1.165) is 6.42 Å². The van der Waals surface area contributed by atoms with Crippen molar-refractivity contribution in [3.63, 3.8) is 0 Å². The Hall–Kier alpha value is -4.79. The maximum atomic E-state index is 13.3. The van der Waals surface area contributed by atoms with Crippen LogP contribution in [0.15, 0.2) is 78.9 Å². The van der Waals surface area contributed by atoms with Gasteiger partial charge < -0.3 is 14.8 Å². The predicted octanol–water partition coefficient (Wildman–Crippen LogP) is 4.34. The van der Waals surface area contributed by atoms with Gasteiger partial charge in [-0.15, -0.1) is 0 Å². The second-order valence-corrected chi connectivity index (χ2v) is 9.89. The van der Waals surface area contributed by atoms with Crippen LogP contribution in [0, 0.1) is 11.8 Å². The van der Waals surface area contributed by atoms with Crippen LogP contribution in [0.4, 0.5) is 11.4 Å². The zero-order valence-electron chi connectivity index (χ0n) is 21.9. The van der Waals surface area contributed by atoms with E-state index < -0.39 is 24.5 Å². The molecule has 3 amide bonds. The van der Waals surface area contributed by atoms with Crippen molar-refractivity contribution in [2.24, 2.45) is 11.8 Å². The molecule has 5 rings (SSSR count). The number of hydrogen-bond acceptors (Lipinski definition) is 7. The van der Waals surface area contributed by atoms with E-state index in [-0.39, 0.29) is 35.1 Å². The third-order valence-corrected chi connectivity index (χ3v) is 7.48. The normalized spacial score (nSPS) is 20.0. The third-order valence-electron chi connectivity index (χ3n) is 7.48. The number of esters is 2. The molecule has 3 aromatic carbocycles. The first-order valence-electron chi connectivity index (χ1n) is 13.0. The van der Waals surface area contributed by atoms with Crippen LogP contribution in [0.2, 0.25) is 0 Å². The Bertz CT molecular complexity index is 1430. The lowest BCUT2D eigenvalue weighted by Gasteiger charge is -2.28. The molecule has 1 saturated carbocycles. The minimum absolute atomic E-state index is 0.180. The number of nitrogens with zero attached hydrogens (tertiary/aromatic N) is 1. The van der Waals surface area contributed by atoms with Gasteiger partial charge in [0.2, 0.25) is 11.8 Å². The summed E-state index contributed by atoms with van der Waals surface area (Å²) in [5.41, 5.74) is 2.54. The molecule has 2 aliphatic rings. The topological polar surface area (TPSA) is 119 Å². The third kappa shape index (κ3) is 5.49. The number of nitrogens with one attached hydrogen (secondary N) is 1. The Labute approximate surface area is 231 Å². The Kier molecular flexibility index (Phi) is 7.72. The van der Waals surface area contributed by atoms with E-state index in [0.29, 0.717) is 29.8 Å². The first-order chi connectivity index (χ1) is 19.4. The van der Waals surface area contributed by atoms with Crippen molar-refractivity contribution in [3.8, 4) is 0 Å². The molecule has 3 aromatic rings. The standard InChI is InChI=1S/C31H28N2O7/c1-39-30(37)20-7-12-23(13-8-20)32-27(34)18-40-31(38)21-9-14-24(15-10-21)33-28(35)25-16-11-22(17-26(25)29(33)36)19-5-3-2-4-6-19/h2-10,12-15,22,25-26H,11,16-18H2,1H3,(H,32,34)/t22-,25-,26-/m1/s1. The summed E-state index contributed by atoms with van der Waals surface area (Å²) in [6, 6.07) is 22.2. The number of anilines is 2. The van der Waals surface area contributed by atoms with Gasteiger partial charge >= 0.3 is 11.9 Å². The van der Waals surface area contributed by atoms with Crippen LogP contribution in [-0.4, -0.2) is 43.4 Å². The molecule has 0 spiro atoms. The van der Waals surface area contributed by atoms with E-state index in [9.17, 15) is 24.0 Å². The van der Waals surface area contributed by atoms with Gasteiger partial charge in [-0.1, -0.05) is 30.3 Å².